The Labute approximate surface area is 121 Å². The summed E-state index contributed by atoms with van der Waals surface area (Å²) in [6, 6.07) is 0. The molecule has 0 radical (unpaired) electrons. The lowest BCUT2D eigenvalue weighted by molar-refractivity contribution is -0.134. The minimum absolute atomic E-state index is 0.0224. The molecule has 2 unspecified atom stereocenters. The van der Waals surface area contributed by atoms with Gasteiger partial charge in [-0.25, -0.2) is 8.42 Å². The first-order chi connectivity index (χ1) is 9.15. The molecule has 2 aliphatic heterocycles. The van der Waals surface area contributed by atoms with Crippen LogP contribution in [0.3, 0.4) is 0 Å². The van der Waals surface area contributed by atoms with Crippen LogP contribution in [-0.2, 0) is 14.6 Å². The molecule has 2 atom stereocenters. The molecule has 0 bridgehead atoms. The van der Waals surface area contributed by atoms with Crippen molar-refractivity contribution in [2.75, 3.05) is 24.6 Å². The first kappa shape index (κ1) is 15.8. The molecule has 2 fully saturated rings. The number of amides is 1. The van der Waals surface area contributed by atoms with E-state index in [1.807, 2.05) is 20.8 Å². The molecule has 2 aliphatic rings. The Balaban J connectivity index is 2.03. The second-order valence-electron chi connectivity index (χ2n) is 7.12. The van der Waals surface area contributed by atoms with Gasteiger partial charge in [0.25, 0.3) is 0 Å². The first-order valence-corrected chi connectivity index (χ1v) is 9.21. The summed E-state index contributed by atoms with van der Waals surface area (Å²) in [7, 11) is -3.00. The van der Waals surface area contributed by atoms with Crippen LogP contribution in [0.15, 0.2) is 0 Å². The first-order valence-electron chi connectivity index (χ1n) is 7.38. The molecule has 0 aromatic rings. The molecule has 6 heteroatoms. The maximum absolute atomic E-state index is 12.6. The maximum atomic E-state index is 12.6. The van der Waals surface area contributed by atoms with Crippen LogP contribution in [-0.4, -0.2) is 44.5 Å². The quantitative estimate of drug-likeness (QED) is 0.805. The summed E-state index contributed by atoms with van der Waals surface area (Å²) in [5.74, 6) is 0.517. The van der Waals surface area contributed by atoms with E-state index in [-0.39, 0.29) is 17.4 Å². The summed E-state index contributed by atoms with van der Waals surface area (Å²) in [5, 5.41) is 6.34. The number of hydrogen-bond donors (Lipinski definition) is 2. The van der Waals surface area contributed by atoms with Crippen LogP contribution in [0.2, 0.25) is 0 Å². The van der Waals surface area contributed by atoms with E-state index >= 15 is 0 Å². The zero-order chi connectivity index (χ0) is 15.0. The zero-order valence-corrected chi connectivity index (χ0v) is 13.5. The second-order valence-corrected chi connectivity index (χ2v) is 9.31. The van der Waals surface area contributed by atoms with Crippen molar-refractivity contribution in [3.8, 4) is 0 Å². The predicted octanol–water partition coefficient (Wildman–Crippen LogP) is 0.706. The highest BCUT2D eigenvalue weighted by atomic mass is 32.2. The van der Waals surface area contributed by atoms with Crippen molar-refractivity contribution in [3.05, 3.63) is 0 Å². The highest BCUT2D eigenvalue weighted by molar-refractivity contribution is 7.91. The molecular weight excluding hydrogens is 276 g/mol. The average Bonchev–Trinajstić information content (AvgIpc) is 2.64. The standard InChI is InChI=1S/C14H26N2O3S/c1-13(2,11-5-4-7-15-9-11)12(17)16-14(3)6-8-20(18,19)10-14/h11,15H,4-10H2,1-3H3,(H,16,17). The number of rotatable bonds is 3. The van der Waals surface area contributed by atoms with Gasteiger partial charge in [-0.05, 0) is 45.2 Å². The summed E-state index contributed by atoms with van der Waals surface area (Å²) in [5.41, 5.74) is -1.07. The van der Waals surface area contributed by atoms with Crippen LogP contribution in [0.1, 0.15) is 40.0 Å². The summed E-state index contributed by atoms with van der Waals surface area (Å²) < 4.78 is 23.2. The van der Waals surface area contributed by atoms with Crippen molar-refractivity contribution in [1.82, 2.24) is 10.6 Å². The molecule has 2 heterocycles. The summed E-state index contributed by atoms with van der Waals surface area (Å²) in [4.78, 5) is 12.6. The molecule has 0 aromatic heterocycles. The van der Waals surface area contributed by atoms with Crippen molar-refractivity contribution >= 4 is 15.7 Å². The van der Waals surface area contributed by atoms with E-state index < -0.39 is 20.8 Å². The third-order valence-corrected chi connectivity index (χ3v) is 6.72. The Morgan fingerprint density at radius 3 is 2.60 bits per heavy atom. The highest BCUT2D eigenvalue weighted by Gasteiger charge is 2.44. The van der Waals surface area contributed by atoms with Crippen molar-refractivity contribution in [1.29, 1.82) is 0 Å². The number of carbonyl (C=O) groups excluding carboxylic acids is 1. The second kappa shape index (κ2) is 5.30. The fraction of sp³-hybridized carbons (Fsp3) is 0.929. The van der Waals surface area contributed by atoms with Gasteiger partial charge in [0.1, 0.15) is 0 Å². The van der Waals surface area contributed by atoms with E-state index in [2.05, 4.69) is 10.6 Å². The van der Waals surface area contributed by atoms with Gasteiger partial charge < -0.3 is 10.6 Å². The molecule has 5 nitrogen and oxygen atoms in total. The van der Waals surface area contributed by atoms with Crippen LogP contribution in [0.5, 0.6) is 0 Å². The van der Waals surface area contributed by atoms with Crippen molar-refractivity contribution in [3.63, 3.8) is 0 Å². The predicted molar refractivity (Wildman–Crippen MR) is 79.2 cm³/mol. The van der Waals surface area contributed by atoms with Gasteiger partial charge in [0.2, 0.25) is 5.91 Å². The van der Waals surface area contributed by atoms with E-state index in [4.69, 9.17) is 0 Å². The van der Waals surface area contributed by atoms with E-state index in [1.54, 1.807) is 0 Å². The lowest BCUT2D eigenvalue weighted by atomic mass is 9.74. The van der Waals surface area contributed by atoms with Crippen LogP contribution in [0, 0.1) is 11.3 Å². The molecular formula is C14H26N2O3S. The molecule has 1 amide bonds. The molecule has 116 valence electrons. The SMILES string of the molecule is CC1(NC(=O)C(C)(C)C2CCCNC2)CCS(=O)(=O)C1. The third kappa shape index (κ3) is 3.34. The van der Waals surface area contributed by atoms with E-state index in [9.17, 15) is 13.2 Å². The normalized spacial score (nSPS) is 33.9. The van der Waals surface area contributed by atoms with Crippen molar-refractivity contribution < 1.29 is 13.2 Å². The molecule has 0 spiro atoms. The van der Waals surface area contributed by atoms with Crippen LogP contribution >= 0.6 is 0 Å². The lowest BCUT2D eigenvalue weighted by Crippen LogP contribution is -2.54. The number of nitrogens with one attached hydrogen (secondary N) is 2. The lowest BCUT2D eigenvalue weighted by Gasteiger charge is -2.38. The minimum atomic E-state index is -3.00. The Hall–Kier alpha value is -0.620. The molecule has 0 saturated carbocycles. The van der Waals surface area contributed by atoms with Crippen molar-refractivity contribution in [2.45, 2.75) is 45.6 Å². The van der Waals surface area contributed by atoms with Crippen molar-refractivity contribution in [2.24, 2.45) is 11.3 Å². The number of sulfone groups is 1. The highest BCUT2D eigenvalue weighted by Crippen LogP contribution is 2.33. The smallest absolute Gasteiger partial charge is 0.226 e. The van der Waals surface area contributed by atoms with Gasteiger partial charge in [0.05, 0.1) is 17.0 Å². The third-order valence-electron chi connectivity index (χ3n) is 4.82. The van der Waals surface area contributed by atoms with E-state index in [0.717, 1.165) is 25.9 Å². The fourth-order valence-electron chi connectivity index (χ4n) is 3.20. The molecule has 2 saturated heterocycles. The minimum Gasteiger partial charge on any atom is -0.349 e. The van der Waals surface area contributed by atoms with Gasteiger partial charge in [-0.3, -0.25) is 4.79 Å². The molecule has 20 heavy (non-hydrogen) atoms. The van der Waals surface area contributed by atoms with Gasteiger partial charge >= 0.3 is 0 Å². The molecule has 2 rings (SSSR count). The number of carbonyl (C=O) groups is 1. The van der Waals surface area contributed by atoms with Gasteiger partial charge in [-0.15, -0.1) is 0 Å². The Morgan fingerprint density at radius 1 is 1.40 bits per heavy atom. The van der Waals surface area contributed by atoms with E-state index in [0.29, 0.717) is 12.3 Å². The molecule has 0 aromatic carbocycles. The monoisotopic (exact) mass is 302 g/mol. The van der Waals surface area contributed by atoms with Gasteiger partial charge in [-0.2, -0.15) is 0 Å². The summed E-state index contributed by atoms with van der Waals surface area (Å²) in [6.45, 7) is 7.64. The Kier molecular flexibility index (Phi) is 4.17. The van der Waals surface area contributed by atoms with Gasteiger partial charge in [0.15, 0.2) is 9.84 Å². The largest absolute Gasteiger partial charge is 0.349 e. The average molecular weight is 302 g/mol. The summed E-state index contributed by atoms with van der Waals surface area (Å²) >= 11 is 0. The maximum Gasteiger partial charge on any atom is 0.226 e. The molecule has 0 aliphatic carbocycles. The number of piperidine rings is 1. The molecule has 2 N–H and O–H groups in total. The number of hydrogen-bond acceptors (Lipinski definition) is 4. The van der Waals surface area contributed by atoms with Crippen LogP contribution < -0.4 is 10.6 Å². The van der Waals surface area contributed by atoms with Crippen LogP contribution in [0.4, 0.5) is 0 Å². The van der Waals surface area contributed by atoms with Gasteiger partial charge in [0, 0.05) is 5.41 Å². The Bertz CT molecular complexity index is 481. The van der Waals surface area contributed by atoms with E-state index in [1.165, 1.54) is 0 Å². The van der Waals surface area contributed by atoms with Gasteiger partial charge in [-0.1, -0.05) is 13.8 Å². The van der Waals surface area contributed by atoms with Crippen LogP contribution in [0.25, 0.3) is 0 Å². The Morgan fingerprint density at radius 2 is 2.10 bits per heavy atom. The zero-order valence-electron chi connectivity index (χ0n) is 12.7. The topological polar surface area (TPSA) is 75.3 Å². The fourth-order valence-corrected chi connectivity index (χ4v) is 5.29. The summed E-state index contributed by atoms with van der Waals surface area (Å²) in [6.07, 6.45) is 2.65.